The summed E-state index contributed by atoms with van der Waals surface area (Å²) >= 11 is 0. The van der Waals surface area contributed by atoms with Crippen molar-refractivity contribution in [2.75, 3.05) is 5.75 Å². The first-order valence-electron chi connectivity index (χ1n) is 5.50. The van der Waals surface area contributed by atoms with Gasteiger partial charge in [-0.3, -0.25) is 0 Å². The van der Waals surface area contributed by atoms with Crippen molar-refractivity contribution < 1.29 is 21.6 Å². The zero-order valence-corrected chi connectivity index (χ0v) is 11.8. The molecule has 0 saturated carbocycles. The minimum absolute atomic E-state index is 0.370. The Morgan fingerprint density at radius 3 is 1.65 bits per heavy atom. The van der Waals surface area contributed by atoms with Crippen molar-refractivity contribution >= 4 is 9.84 Å². The molecule has 0 amide bonds. The Hall–Kier alpha value is -0.260. The molecule has 17 heavy (non-hydrogen) atoms. The van der Waals surface area contributed by atoms with Crippen LogP contribution in [0.4, 0.5) is 13.2 Å². The number of alkyl halides is 3. The third-order valence-electron chi connectivity index (χ3n) is 3.46. The predicted molar refractivity (Wildman–Crippen MR) is 62.6 cm³/mol. The fourth-order valence-corrected chi connectivity index (χ4v) is 3.15. The average molecular weight is 274 g/mol. The summed E-state index contributed by atoms with van der Waals surface area (Å²) in [6.45, 7) is 8.45. The molecule has 0 aromatic heterocycles. The van der Waals surface area contributed by atoms with Crippen LogP contribution < -0.4 is 0 Å². The Morgan fingerprint density at radius 2 is 1.35 bits per heavy atom. The first-order valence-corrected chi connectivity index (χ1v) is 7.15. The smallest absolute Gasteiger partial charge is 0.228 e. The predicted octanol–water partition coefficient (Wildman–Crippen LogP) is 3.57. The molecular weight excluding hydrogens is 253 g/mol. The topological polar surface area (TPSA) is 34.1 Å². The molecule has 0 aliphatic rings. The molecule has 0 aliphatic carbocycles. The number of sulfone groups is 1. The highest BCUT2D eigenvalue weighted by molar-refractivity contribution is 7.92. The molecule has 0 rings (SSSR count). The van der Waals surface area contributed by atoms with E-state index in [-0.39, 0.29) is 6.42 Å². The lowest BCUT2D eigenvalue weighted by atomic mass is 9.83. The summed E-state index contributed by atoms with van der Waals surface area (Å²) in [5.74, 6) is -0.420. The van der Waals surface area contributed by atoms with Crippen molar-refractivity contribution in [3.05, 3.63) is 0 Å². The van der Waals surface area contributed by atoms with E-state index in [1.54, 1.807) is 34.6 Å². The summed E-state index contributed by atoms with van der Waals surface area (Å²) < 4.78 is 58.9. The summed E-state index contributed by atoms with van der Waals surface area (Å²) in [6, 6.07) is 0. The highest BCUT2D eigenvalue weighted by atomic mass is 32.2. The third-order valence-corrected chi connectivity index (χ3v) is 6.45. The molecule has 0 spiro atoms. The molecular formula is C11H21F3O2S. The second-order valence-electron chi connectivity index (χ2n) is 5.80. The van der Waals surface area contributed by atoms with Gasteiger partial charge in [-0.15, -0.1) is 0 Å². The van der Waals surface area contributed by atoms with E-state index in [1.807, 2.05) is 0 Å². The van der Waals surface area contributed by atoms with E-state index >= 15 is 0 Å². The number of hydrogen-bond donors (Lipinski definition) is 0. The maximum Gasteiger partial charge on any atom is 0.389 e. The Kier molecular flexibility index (Phi) is 4.71. The molecule has 0 atom stereocenters. The van der Waals surface area contributed by atoms with Crippen LogP contribution >= 0.6 is 0 Å². The second kappa shape index (κ2) is 4.78. The first-order chi connectivity index (χ1) is 7.21. The number of rotatable bonds is 4. The van der Waals surface area contributed by atoms with Crippen LogP contribution in [-0.2, 0) is 9.84 Å². The lowest BCUT2D eigenvalue weighted by Crippen LogP contribution is -2.45. The molecule has 0 bridgehead atoms. The fourth-order valence-electron chi connectivity index (χ4n) is 1.18. The summed E-state index contributed by atoms with van der Waals surface area (Å²) in [4.78, 5) is 0. The van der Waals surface area contributed by atoms with Gasteiger partial charge < -0.3 is 0 Å². The van der Waals surface area contributed by atoms with Crippen molar-refractivity contribution in [3.8, 4) is 0 Å². The van der Waals surface area contributed by atoms with Gasteiger partial charge in [0.1, 0.15) is 0 Å². The van der Waals surface area contributed by atoms with E-state index in [4.69, 9.17) is 0 Å². The van der Waals surface area contributed by atoms with E-state index in [0.717, 1.165) is 0 Å². The number of halogens is 3. The fraction of sp³-hybridized carbons (Fsp3) is 1.00. The Labute approximate surface area is 102 Å². The van der Waals surface area contributed by atoms with E-state index in [1.165, 1.54) is 0 Å². The molecule has 0 unspecified atom stereocenters. The summed E-state index contributed by atoms with van der Waals surface area (Å²) in [7, 11) is -3.54. The van der Waals surface area contributed by atoms with Crippen LogP contribution in [0.2, 0.25) is 0 Å². The van der Waals surface area contributed by atoms with Crippen molar-refractivity contribution in [2.24, 2.45) is 5.41 Å². The summed E-state index contributed by atoms with van der Waals surface area (Å²) in [5, 5.41) is 0. The highest BCUT2D eigenvalue weighted by Crippen LogP contribution is 2.37. The summed E-state index contributed by atoms with van der Waals surface area (Å²) in [5.41, 5.74) is -0.510. The zero-order valence-electron chi connectivity index (χ0n) is 11.0. The van der Waals surface area contributed by atoms with Gasteiger partial charge in [-0.25, -0.2) is 8.42 Å². The van der Waals surface area contributed by atoms with Gasteiger partial charge in [0.05, 0.1) is 10.5 Å². The maximum atomic E-state index is 12.0. The van der Waals surface area contributed by atoms with E-state index in [0.29, 0.717) is 0 Å². The van der Waals surface area contributed by atoms with Gasteiger partial charge >= 0.3 is 6.18 Å². The van der Waals surface area contributed by atoms with E-state index in [9.17, 15) is 21.6 Å². The lowest BCUT2D eigenvalue weighted by molar-refractivity contribution is -0.134. The van der Waals surface area contributed by atoms with Crippen molar-refractivity contribution in [2.45, 2.75) is 58.4 Å². The SMILES string of the molecule is CC(C)(C)C(C)(C)S(=O)(=O)CCCC(F)(F)F. The Bertz CT molecular complexity index is 348. The van der Waals surface area contributed by atoms with Crippen molar-refractivity contribution in [1.29, 1.82) is 0 Å². The van der Waals surface area contributed by atoms with Crippen LogP contribution in [0.15, 0.2) is 0 Å². The number of hydrogen-bond acceptors (Lipinski definition) is 2. The lowest BCUT2D eigenvalue weighted by Gasteiger charge is -2.38. The second-order valence-corrected chi connectivity index (χ2v) is 8.46. The van der Waals surface area contributed by atoms with Crippen LogP contribution in [0.1, 0.15) is 47.5 Å². The zero-order chi connectivity index (χ0) is 14.1. The average Bonchev–Trinajstić information content (AvgIpc) is 1.98. The molecule has 6 heteroatoms. The van der Waals surface area contributed by atoms with Gasteiger partial charge in [0, 0.05) is 6.42 Å². The van der Waals surface area contributed by atoms with Crippen LogP contribution in [0, 0.1) is 5.41 Å². The highest BCUT2D eigenvalue weighted by Gasteiger charge is 2.44. The van der Waals surface area contributed by atoms with Gasteiger partial charge in [-0.2, -0.15) is 13.2 Å². The van der Waals surface area contributed by atoms with Crippen LogP contribution in [-0.4, -0.2) is 25.1 Å². The van der Waals surface area contributed by atoms with Crippen molar-refractivity contribution in [3.63, 3.8) is 0 Å². The molecule has 0 heterocycles. The third kappa shape index (κ3) is 4.48. The van der Waals surface area contributed by atoms with Crippen LogP contribution in [0.3, 0.4) is 0 Å². The van der Waals surface area contributed by atoms with Gasteiger partial charge in [0.15, 0.2) is 9.84 Å². The molecule has 104 valence electrons. The maximum absolute atomic E-state index is 12.0. The molecule has 0 aromatic rings. The molecule has 0 N–H and O–H groups in total. The van der Waals surface area contributed by atoms with Crippen LogP contribution in [0.5, 0.6) is 0 Å². The first kappa shape index (κ1) is 16.7. The largest absolute Gasteiger partial charge is 0.389 e. The minimum atomic E-state index is -4.29. The Balaban J connectivity index is 4.72. The minimum Gasteiger partial charge on any atom is -0.228 e. The molecule has 0 saturated heterocycles. The normalized spacial score (nSPS) is 15.1. The van der Waals surface area contributed by atoms with Crippen LogP contribution in [0.25, 0.3) is 0 Å². The van der Waals surface area contributed by atoms with Gasteiger partial charge in [0.2, 0.25) is 0 Å². The van der Waals surface area contributed by atoms with Crippen molar-refractivity contribution in [1.82, 2.24) is 0 Å². The van der Waals surface area contributed by atoms with E-state index in [2.05, 4.69) is 0 Å². The monoisotopic (exact) mass is 274 g/mol. The molecule has 0 fully saturated rings. The Morgan fingerprint density at radius 1 is 0.941 bits per heavy atom. The molecule has 0 aliphatic heterocycles. The molecule has 0 radical (unpaired) electrons. The summed E-state index contributed by atoms with van der Waals surface area (Å²) in [6.07, 6.45) is -5.71. The quantitative estimate of drug-likeness (QED) is 0.785. The van der Waals surface area contributed by atoms with Gasteiger partial charge in [-0.1, -0.05) is 20.8 Å². The standard InChI is InChI=1S/C11H21F3O2S/c1-9(2,3)10(4,5)17(15,16)8-6-7-11(12,13)14/h6-8H2,1-5H3. The van der Waals surface area contributed by atoms with Gasteiger partial charge in [-0.05, 0) is 25.7 Å². The van der Waals surface area contributed by atoms with Gasteiger partial charge in [0.25, 0.3) is 0 Å². The molecule has 0 aromatic carbocycles. The molecule has 2 nitrogen and oxygen atoms in total. The van der Waals surface area contributed by atoms with E-state index < -0.39 is 38.3 Å².